The van der Waals surface area contributed by atoms with Gasteiger partial charge in [-0.05, 0) is 39.2 Å². The number of unbranched alkanes of at least 4 members (excludes halogenated alkanes) is 1. The second kappa shape index (κ2) is 8.74. The van der Waals surface area contributed by atoms with E-state index in [2.05, 4.69) is 5.32 Å². The van der Waals surface area contributed by atoms with E-state index in [0.717, 1.165) is 25.7 Å². The van der Waals surface area contributed by atoms with Gasteiger partial charge in [0.15, 0.2) is 0 Å². The average molecular weight is 271 g/mol. The summed E-state index contributed by atoms with van der Waals surface area (Å²) in [5, 5.41) is 3.01. The Morgan fingerprint density at radius 2 is 2.00 bits per heavy atom. The fourth-order valence-electron chi connectivity index (χ4n) is 2.15. The first-order valence-electron chi connectivity index (χ1n) is 7.08. The highest BCUT2D eigenvalue weighted by molar-refractivity contribution is 5.76. The largest absolute Gasteiger partial charge is 0.450 e. The predicted molar refractivity (Wildman–Crippen MR) is 72.7 cm³/mol. The van der Waals surface area contributed by atoms with Crippen molar-refractivity contribution in [2.75, 3.05) is 26.2 Å². The first-order chi connectivity index (χ1) is 9.17. The monoisotopic (exact) mass is 271 g/mol. The Kier molecular flexibility index (Phi) is 7.25. The van der Waals surface area contributed by atoms with Gasteiger partial charge in [-0.2, -0.15) is 0 Å². The highest BCUT2D eigenvalue weighted by atomic mass is 16.6. The summed E-state index contributed by atoms with van der Waals surface area (Å²) in [6.45, 7) is 4.12. The molecule has 0 aromatic heterocycles. The molecule has 1 heterocycles. The predicted octanol–water partition coefficient (Wildman–Crippen LogP) is 0.853. The zero-order chi connectivity index (χ0) is 14.1. The second-order valence-electron chi connectivity index (χ2n) is 4.77. The van der Waals surface area contributed by atoms with E-state index >= 15 is 0 Å². The summed E-state index contributed by atoms with van der Waals surface area (Å²) in [4.78, 5) is 24.8. The number of amides is 2. The van der Waals surface area contributed by atoms with Gasteiger partial charge in [0.05, 0.1) is 6.61 Å². The number of nitrogens with two attached hydrogens (primary N) is 1. The molecule has 0 aromatic rings. The normalized spacial score (nSPS) is 16.2. The Morgan fingerprint density at radius 1 is 1.32 bits per heavy atom. The molecule has 1 fully saturated rings. The first-order valence-corrected chi connectivity index (χ1v) is 7.08. The van der Waals surface area contributed by atoms with Crippen molar-refractivity contribution in [3.05, 3.63) is 0 Å². The minimum absolute atomic E-state index is 0.0861. The number of carbonyl (C=O) groups is 2. The van der Waals surface area contributed by atoms with Crippen molar-refractivity contribution in [1.82, 2.24) is 10.2 Å². The molecule has 0 aromatic carbocycles. The molecule has 0 radical (unpaired) electrons. The molecule has 1 aliphatic rings. The first kappa shape index (κ1) is 15.8. The van der Waals surface area contributed by atoms with Gasteiger partial charge in [0.2, 0.25) is 5.91 Å². The number of carbonyl (C=O) groups excluding carboxylic acids is 2. The number of rotatable bonds is 6. The maximum absolute atomic E-state index is 11.6. The fourth-order valence-corrected chi connectivity index (χ4v) is 2.15. The topological polar surface area (TPSA) is 84.7 Å². The number of piperidine rings is 1. The van der Waals surface area contributed by atoms with E-state index in [1.54, 1.807) is 11.8 Å². The van der Waals surface area contributed by atoms with Gasteiger partial charge in [0.1, 0.15) is 0 Å². The Morgan fingerprint density at radius 3 is 2.58 bits per heavy atom. The molecule has 0 spiro atoms. The van der Waals surface area contributed by atoms with Gasteiger partial charge in [-0.3, -0.25) is 4.79 Å². The van der Waals surface area contributed by atoms with Crippen LogP contribution in [0.1, 0.15) is 39.0 Å². The lowest BCUT2D eigenvalue weighted by Gasteiger charge is -2.31. The highest BCUT2D eigenvalue weighted by Gasteiger charge is 2.24. The lowest BCUT2D eigenvalue weighted by Crippen LogP contribution is -2.46. The minimum Gasteiger partial charge on any atom is -0.450 e. The lowest BCUT2D eigenvalue weighted by atomic mass is 10.1. The summed E-state index contributed by atoms with van der Waals surface area (Å²) in [7, 11) is 0. The number of nitrogens with zero attached hydrogens (tertiary/aromatic N) is 1. The molecule has 0 unspecified atom stereocenters. The molecule has 0 aliphatic carbocycles. The quantitative estimate of drug-likeness (QED) is 0.701. The van der Waals surface area contributed by atoms with Crippen molar-refractivity contribution >= 4 is 12.0 Å². The third-order valence-corrected chi connectivity index (χ3v) is 3.24. The lowest BCUT2D eigenvalue weighted by molar-refractivity contribution is -0.122. The minimum atomic E-state index is -0.254. The van der Waals surface area contributed by atoms with Gasteiger partial charge >= 0.3 is 6.09 Å². The van der Waals surface area contributed by atoms with Crippen LogP contribution in [0.5, 0.6) is 0 Å². The van der Waals surface area contributed by atoms with Crippen LogP contribution in [0, 0.1) is 0 Å². The molecule has 6 nitrogen and oxygen atoms in total. The number of nitrogens with one attached hydrogen (secondary N) is 1. The fraction of sp³-hybridized carbons (Fsp3) is 0.846. The molecule has 6 heteroatoms. The molecule has 2 amide bonds. The molecule has 110 valence electrons. The van der Waals surface area contributed by atoms with Crippen LogP contribution in [0.2, 0.25) is 0 Å². The molecule has 0 saturated carbocycles. The van der Waals surface area contributed by atoms with E-state index in [1.807, 2.05) is 0 Å². The Bertz CT molecular complexity index is 289. The summed E-state index contributed by atoms with van der Waals surface area (Å²) in [5.41, 5.74) is 5.39. The van der Waals surface area contributed by atoms with Crippen molar-refractivity contribution in [2.24, 2.45) is 5.73 Å². The molecule has 19 heavy (non-hydrogen) atoms. The van der Waals surface area contributed by atoms with Crippen LogP contribution in [-0.4, -0.2) is 49.2 Å². The SMILES string of the molecule is CCOC(=O)N1CCC(NC(=O)CCCCN)CC1. The highest BCUT2D eigenvalue weighted by Crippen LogP contribution is 2.11. The molecule has 0 bridgehead atoms. The number of hydrogen-bond acceptors (Lipinski definition) is 4. The van der Waals surface area contributed by atoms with Crippen molar-refractivity contribution in [1.29, 1.82) is 0 Å². The van der Waals surface area contributed by atoms with Gasteiger partial charge < -0.3 is 20.7 Å². The van der Waals surface area contributed by atoms with Crippen LogP contribution in [0.25, 0.3) is 0 Å². The summed E-state index contributed by atoms with van der Waals surface area (Å²) < 4.78 is 4.95. The van der Waals surface area contributed by atoms with Crippen molar-refractivity contribution in [2.45, 2.75) is 45.1 Å². The van der Waals surface area contributed by atoms with Crippen molar-refractivity contribution in [3.8, 4) is 0 Å². The van der Waals surface area contributed by atoms with Crippen LogP contribution < -0.4 is 11.1 Å². The smallest absolute Gasteiger partial charge is 0.409 e. The molecule has 1 aliphatic heterocycles. The standard InChI is InChI=1S/C13H25N3O3/c1-2-19-13(18)16-9-6-11(7-10-16)15-12(17)5-3-4-8-14/h11H,2-10,14H2,1H3,(H,15,17). The van der Waals surface area contributed by atoms with Gasteiger partial charge in [0.25, 0.3) is 0 Å². The van der Waals surface area contributed by atoms with Crippen LogP contribution in [0.15, 0.2) is 0 Å². The van der Waals surface area contributed by atoms with Crippen LogP contribution in [-0.2, 0) is 9.53 Å². The number of likely N-dealkylation sites (tertiary alicyclic amines) is 1. The number of hydrogen-bond donors (Lipinski definition) is 2. The third-order valence-electron chi connectivity index (χ3n) is 3.24. The summed E-state index contributed by atoms with van der Waals surface area (Å²) in [6, 6.07) is 0.177. The Hall–Kier alpha value is -1.30. The van der Waals surface area contributed by atoms with E-state index in [9.17, 15) is 9.59 Å². The van der Waals surface area contributed by atoms with E-state index in [0.29, 0.717) is 32.7 Å². The van der Waals surface area contributed by atoms with Gasteiger partial charge in [-0.1, -0.05) is 0 Å². The molecule has 1 saturated heterocycles. The molecular weight excluding hydrogens is 246 g/mol. The van der Waals surface area contributed by atoms with Crippen LogP contribution in [0.4, 0.5) is 4.79 Å². The molecule has 3 N–H and O–H groups in total. The Balaban J connectivity index is 2.19. The average Bonchev–Trinajstić information content (AvgIpc) is 2.40. The van der Waals surface area contributed by atoms with Gasteiger partial charge in [-0.15, -0.1) is 0 Å². The maximum atomic E-state index is 11.6. The third kappa shape index (κ3) is 5.92. The van der Waals surface area contributed by atoms with Crippen molar-refractivity contribution in [3.63, 3.8) is 0 Å². The molecular formula is C13H25N3O3. The number of ether oxygens (including phenoxy) is 1. The van der Waals surface area contributed by atoms with E-state index in [-0.39, 0.29) is 18.0 Å². The van der Waals surface area contributed by atoms with Gasteiger partial charge in [-0.25, -0.2) is 4.79 Å². The zero-order valence-electron chi connectivity index (χ0n) is 11.7. The summed E-state index contributed by atoms with van der Waals surface area (Å²) in [6.07, 6.45) is 3.59. The summed E-state index contributed by atoms with van der Waals surface area (Å²) in [5.74, 6) is 0.0861. The second-order valence-corrected chi connectivity index (χ2v) is 4.77. The van der Waals surface area contributed by atoms with Gasteiger partial charge in [0, 0.05) is 25.6 Å². The van der Waals surface area contributed by atoms with E-state index in [1.165, 1.54) is 0 Å². The van der Waals surface area contributed by atoms with E-state index in [4.69, 9.17) is 10.5 Å². The van der Waals surface area contributed by atoms with Crippen LogP contribution in [0.3, 0.4) is 0 Å². The Labute approximate surface area is 114 Å². The van der Waals surface area contributed by atoms with E-state index < -0.39 is 0 Å². The molecule has 1 rings (SSSR count). The molecule has 0 atom stereocenters. The van der Waals surface area contributed by atoms with Crippen LogP contribution >= 0.6 is 0 Å². The zero-order valence-corrected chi connectivity index (χ0v) is 11.7. The summed E-state index contributed by atoms with van der Waals surface area (Å²) >= 11 is 0. The van der Waals surface area contributed by atoms with Crippen molar-refractivity contribution < 1.29 is 14.3 Å². The maximum Gasteiger partial charge on any atom is 0.409 e.